The van der Waals surface area contributed by atoms with Crippen LogP contribution in [0.2, 0.25) is 0 Å². The third kappa shape index (κ3) is 4.07. The number of benzene rings is 1. The monoisotopic (exact) mass is 330 g/mol. The number of aliphatic hydroxyl groups excluding tert-OH is 1. The van der Waals surface area contributed by atoms with Crippen molar-refractivity contribution in [2.24, 2.45) is 0 Å². The number of aryl methyl sites for hydroxylation is 1. The smallest absolute Gasteiger partial charge is 0.243 e. The van der Waals surface area contributed by atoms with E-state index in [1.165, 1.54) is 17.4 Å². The molecule has 0 unspecified atom stereocenters. The maximum atomic E-state index is 13.6. The molecule has 0 bridgehead atoms. The Hall–Kier alpha value is -1.35. The summed E-state index contributed by atoms with van der Waals surface area (Å²) in [5.74, 6) is -0.843. The van der Waals surface area contributed by atoms with Crippen molar-refractivity contribution in [2.75, 3.05) is 6.54 Å². The number of halogens is 1. The second-order valence-electron chi connectivity index (χ2n) is 4.43. The lowest BCUT2D eigenvalue weighted by Crippen LogP contribution is -2.27. The summed E-state index contributed by atoms with van der Waals surface area (Å²) in [5, 5.41) is 11.8. The number of nitrogens with one attached hydrogen (secondary N) is 1. The molecule has 0 atom stereocenters. The van der Waals surface area contributed by atoms with Crippen LogP contribution in [0.4, 0.5) is 4.39 Å². The van der Waals surface area contributed by atoms with Crippen molar-refractivity contribution in [1.29, 1.82) is 0 Å². The zero-order valence-corrected chi connectivity index (χ0v) is 13.0. The van der Waals surface area contributed by atoms with Gasteiger partial charge in [-0.2, -0.15) is 0 Å². The van der Waals surface area contributed by atoms with Gasteiger partial charge in [0, 0.05) is 18.3 Å². The normalized spacial score (nSPS) is 11.8. The number of thiazole rings is 1. The minimum atomic E-state index is -3.95. The maximum Gasteiger partial charge on any atom is 0.243 e. The van der Waals surface area contributed by atoms with E-state index in [0.29, 0.717) is 12.0 Å². The fourth-order valence-electron chi connectivity index (χ4n) is 1.77. The van der Waals surface area contributed by atoms with Crippen molar-refractivity contribution in [3.63, 3.8) is 0 Å². The fraction of sp³-hybridized carbons (Fsp3) is 0.308. The number of aromatic nitrogens is 1. The summed E-state index contributed by atoms with van der Waals surface area (Å²) in [7, 11) is -3.95. The lowest BCUT2D eigenvalue weighted by molar-refractivity contribution is 0.281. The Morgan fingerprint density at radius 1 is 1.43 bits per heavy atom. The first-order valence-electron chi connectivity index (χ1n) is 6.22. The molecule has 2 N–H and O–H groups in total. The summed E-state index contributed by atoms with van der Waals surface area (Å²) >= 11 is 1.49. The van der Waals surface area contributed by atoms with Crippen LogP contribution in [0.3, 0.4) is 0 Å². The number of nitrogens with zero attached hydrogens (tertiary/aromatic N) is 1. The van der Waals surface area contributed by atoms with Crippen LogP contribution in [0.5, 0.6) is 0 Å². The summed E-state index contributed by atoms with van der Waals surface area (Å²) in [6, 6.07) is 3.50. The van der Waals surface area contributed by atoms with Crippen LogP contribution in [0, 0.1) is 12.7 Å². The topological polar surface area (TPSA) is 79.3 Å². The van der Waals surface area contributed by atoms with Crippen molar-refractivity contribution < 1.29 is 17.9 Å². The van der Waals surface area contributed by atoms with E-state index in [9.17, 15) is 12.8 Å². The fourth-order valence-corrected chi connectivity index (χ4v) is 3.57. The van der Waals surface area contributed by atoms with Gasteiger partial charge in [-0.15, -0.1) is 11.3 Å². The number of rotatable bonds is 6. The van der Waals surface area contributed by atoms with E-state index in [1.54, 1.807) is 0 Å². The van der Waals surface area contributed by atoms with Gasteiger partial charge in [-0.1, -0.05) is 6.07 Å². The molecule has 0 aliphatic carbocycles. The van der Waals surface area contributed by atoms with Crippen molar-refractivity contribution in [3.05, 3.63) is 45.7 Å². The second-order valence-corrected chi connectivity index (χ2v) is 7.23. The van der Waals surface area contributed by atoms with Crippen molar-refractivity contribution in [2.45, 2.75) is 24.8 Å². The van der Waals surface area contributed by atoms with E-state index >= 15 is 0 Å². The van der Waals surface area contributed by atoms with E-state index in [0.717, 1.165) is 22.8 Å². The molecule has 0 spiro atoms. The van der Waals surface area contributed by atoms with Crippen LogP contribution in [-0.4, -0.2) is 25.1 Å². The quantitative estimate of drug-likeness (QED) is 0.843. The Balaban J connectivity index is 2.07. The summed E-state index contributed by atoms with van der Waals surface area (Å²) in [6.07, 6.45) is 0.435. The highest BCUT2D eigenvalue weighted by atomic mass is 32.2. The standard InChI is InChI=1S/C13H15FN2O3S2/c1-9-16-11(8-20-9)4-5-15-21(18,19)13-6-10(7-17)2-3-12(13)14/h2-3,6,8,15,17H,4-5,7H2,1H3. The summed E-state index contributed by atoms with van der Waals surface area (Å²) in [6.45, 7) is 1.66. The zero-order chi connectivity index (χ0) is 15.5. The third-order valence-electron chi connectivity index (χ3n) is 2.81. The molecule has 2 aromatic rings. The Kier molecular flexibility index (Phi) is 5.04. The van der Waals surface area contributed by atoms with Gasteiger partial charge in [-0.3, -0.25) is 0 Å². The van der Waals surface area contributed by atoms with Gasteiger partial charge in [-0.25, -0.2) is 22.5 Å². The van der Waals surface area contributed by atoms with Gasteiger partial charge >= 0.3 is 0 Å². The molecule has 0 saturated heterocycles. The highest BCUT2D eigenvalue weighted by Gasteiger charge is 2.19. The molecule has 114 valence electrons. The number of hydrogen-bond donors (Lipinski definition) is 2. The molecule has 8 heteroatoms. The highest BCUT2D eigenvalue weighted by Crippen LogP contribution is 2.16. The molecule has 0 aliphatic rings. The predicted molar refractivity (Wildman–Crippen MR) is 78.1 cm³/mol. The van der Waals surface area contributed by atoms with Crippen LogP contribution < -0.4 is 4.72 Å². The molecule has 0 amide bonds. The molecule has 0 aliphatic heterocycles. The van der Waals surface area contributed by atoms with Gasteiger partial charge in [0.15, 0.2) is 0 Å². The van der Waals surface area contributed by atoms with E-state index in [1.807, 2.05) is 12.3 Å². The Labute approximate surface area is 126 Å². The second kappa shape index (κ2) is 6.61. The highest BCUT2D eigenvalue weighted by molar-refractivity contribution is 7.89. The molecule has 1 heterocycles. The number of sulfonamides is 1. The summed E-state index contributed by atoms with van der Waals surface area (Å²) < 4.78 is 40.1. The molecule has 0 fully saturated rings. The molecule has 0 radical (unpaired) electrons. The molecule has 21 heavy (non-hydrogen) atoms. The Morgan fingerprint density at radius 2 is 2.19 bits per heavy atom. The van der Waals surface area contributed by atoms with E-state index in [-0.39, 0.29) is 13.2 Å². The molecule has 5 nitrogen and oxygen atoms in total. The first kappa shape index (κ1) is 16.0. The van der Waals surface area contributed by atoms with Gasteiger partial charge in [-0.05, 0) is 24.6 Å². The minimum Gasteiger partial charge on any atom is -0.392 e. The van der Waals surface area contributed by atoms with Crippen molar-refractivity contribution in [3.8, 4) is 0 Å². The predicted octanol–water partition coefficient (Wildman–Crippen LogP) is 1.60. The van der Waals surface area contributed by atoms with Gasteiger partial charge in [0.2, 0.25) is 10.0 Å². The first-order chi connectivity index (χ1) is 9.92. The average molecular weight is 330 g/mol. The first-order valence-corrected chi connectivity index (χ1v) is 8.58. The van der Waals surface area contributed by atoms with E-state index < -0.39 is 20.7 Å². The van der Waals surface area contributed by atoms with Crippen LogP contribution in [-0.2, 0) is 23.1 Å². The number of aliphatic hydroxyl groups is 1. The van der Waals surface area contributed by atoms with Crippen molar-refractivity contribution >= 4 is 21.4 Å². The summed E-state index contributed by atoms with van der Waals surface area (Å²) in [4.78, 5) is 3.77. The Bertz CT molecular complexity index is 729. The van der Waals surface area contributed by atoms with Gasteiger partial charge in [0.25, 0.3) is 0 Å². The Morgan fingerprint density at radius 3 is 2.81 bits per heavy atom. The average Bonchev–Trinajstić information content (AvgIpc) is 2.84. The molecule has 1 aromatic heterocycles. The number of hydrogen-bond acceptors (Lipinski definition) is 5. The molecule has 0 saturated carbocycles. The SMILES string of the molecule is Cc1nc(CCNS(=O)(=O)c2cc(CO)ccc2F)cs1. The van der Waals surface area contributed by atoms with Gasteiger partial charge < -0.3 is 5.11 Å². The minimum absolute atomic E-state index is 0.133. The van der Waals surface area contributed by atoms with Crippen LogP contribution >= 0.6 is 11.3 Å². The largest absolute Gasteiger partial charge is 0.392 e. The molecular formula is C13H15FN2O3S2. The van der Waals surface area contributed by atoms with Gasteiger partial charge in [0.1, 0.15) is 10.7 Å². The maximum absolute atomic E-state index is 13.6. The van der Waals surface area contributed by atoms with Crippen LogP contribution in [0.1, 0.15) is 16.3 Å². The molecular weight excluding hydrogens is 315 g/mol. The van der Waals surface area contributed by atoms with Crippen LogP contribution in [0.15, 0.2) is 28.5 Å². The third-order valence-corrected chi connectivity index (χ3v) is 5.11. The summed E-state index contributed by atoms with van der Waals surface area (Å²) in [5.41, 5.74) is 1.14. The molecule has 1 aromatic carbocycles. The van der Waals surface area contributed by atoms with Crippen LogP contribution in [0.25, 0.3) is 0 Å². The van der Waals surface area contributed by atoms with Crippen molar-refractivity contribution in [1.82, 2.24) is 9.71 Å². The zero-order valence-electron chi connectivity index (χ0n) is 11.3. The van der Waals surface area contributed by atoms with E-state index in [2.05, 4.69) is 9.71 Å². The van der Waals surface area contributed by atoms with Gasteiger partial charge in [0.05, 0.1) is 17.3 Å². The lowest BCUT2D eigenvalue weighted by atomic mass is 10.2. The lowest BCUT2D eigenvalue weighted by Gasteiger charge is -2.08. The molecule has 2 rings (SSSR count). The van der Waals surface area contributed by atoms with E-state index in [4.69, 9.17) is 5.11 Å².